The second-order valence-corrected chi connectivity index (χ2v) is 6.34. The van der Waals surface area contributed by atoms with Crippen molar-refractivity contribution in [3.8, 4) is 0 Å². The fourth-order valence-corrected chi connectivity index (χ4v) is 1.64. The number of esters is 2. The monoisotopic (exact) mass is 392 g/mol. The van der Waals surface area contributed by atoms with Gasteiger partial charge in [0.1, 0.15) is 12.7 Å². The van der Waals surface area contributed by atoms with Gasteiger partial charge < -0.3 is 19.7 Å². The maximum atomic E-state index is 11.4. The molecule has 1 atom stereocenters. The number of carbonyl (C=O) groups excluding carboxylic acids is 2. The highest BCUT2D eigenvalue weighted by Gasteiger charge is 2.11. The molecule has 0 aliphatic carbocycles. The molecule has 27 heavy (non-hydrogen) atoms. The van der Waals surface area contributed by atoms with Gasteiger partial charge in [0, 0.05) is 12.8 Å². The molecule has 0 radical (unpaired) electrons. The van der Waals surface area contributed by atoms with Crippen LogP contribution in [0.25, 0.3) is 0 Å². The Hall–Kier alpha value is -1.14. The van der Waals surface area contributed by atoms with Crippen LogP contribution >= 0.6 is 0 Å². The van der Waals surface area contributed by atoms with Crippen molar-refractivity contribution in [3.05, 3.63) is 0 Å². The second kappa shape index (κ2) is 27.1. The Bertz CT molecular complexity index is 299. The average molecular weight is 393 g/mol. The van der Waals surface area contributed by atoms with E-state index >= 15 is 0 Å². The number of aliphatic hydroxyl groups excluding tert-OH is 2. The fraction of sp³-hybridized carbons (Fsp3) is 0.905. The highest BCUT2D eigenvalue weighted by atomic mass is 16.6. The highest BCUT2D eigenvalue weighted by Crippen LogP contribution is 2.04. The van der Waals surface area contributed by atoms with Gasteiger partial charge in [0.05, 0.1) is 13.2 Å². The molecule has 1 unspecified atom stereocenters. The minimum atomic E-state index is -0.357. The average Bonchev–Trinajstić information content (AvgIpc) is 2.67. The molecule has 6 heteroatoms. The maximum absolute atomic E-state index is 11.4. The summed E-state index contributed by atoms with van der Waals surface area (Å²) in [6.07, 6.45) is 9.14. The first kappa shape index (κ1) is 30.6. The molecule has 6 nitrogen and oxygen atoms in total. The van der Waals surface area contributed by atoms with Gasteiger partial charge in [-0.15, -0.1) is 0 Å². The van der Waals surface area contributed by atoms with Crippen LogP contribution in [0, 0.1) is 0 Å². The van der Waals surface area contributed by atoms with Crippen molar-refractivity contribution in [1.82, 2.24) is 0 Å². The van der Waals surface area contributed by atoms with E-state index in [9.17, 15) is 9.59 Å². The minimum absolute atomic E-state index is 0.125. The molecule has 0 aromatic carbocycles. The lowest BCUT2D eigenvalue weighted by Crippen LogP contribution is -2.22. The van der Waals surface area contributed by atoms with Crippen LogP contribution in [0.1, 0.15) is 98.8 Å². The fourth-order valence-electron chi connectivity index (χ4n) is 1.64. The molecule has 2 N–H and O–H groups in total. The first-order valence-corrected chi connectivity index (χ1v) is 10.5. The van der Waals surface area contributed by atoms with Crippen LogP contribution in [0.4, 0.5) is 0 Å². The van der Waals surface area contributed by atoms with Gasteiger partial charge in [-0.25, -0.2) is 0 Å². The van der Waals surface area contributed by atoms with Gasteiger partial charge in [-0.3, -0.25) is 9.59 Å². The summed E-state index contributed by atoms with van der Waals surface area (Å²) in [4.78, 5) is 22.8. The van der Waals surface area contributed by atoms with E-state index in [0.29, 0.717) is 12.8 Å². The zero-order valence-corrected chi connectivity index (χ0v) is 18.3. The third-order valence-electron chi connectivity index (χ3n) is 3.38. The van der Waals surface area contributed by atoms with Crippen LogP contribution in [0.3, 0.4) is 0 Å². The summed E-state index contributed by atoms with van der Waals surface area (Å²) in [7, 11) is 0. The lowest BCUT2D eigenvalue weighted by molar-refractivity contribution is -0.158. The standard InChI is InChI=1S/C15H28O4.C4H10.C2H6O2/c1-4-6-8-10-14(16)18-12-13(3)19-15(17)11-9-7-5-2;1-3-4-2;3-1-2-4/h13H,4-12H2,1-3H3;3-4H2,1-2H3;3-4H,1-2H2. The first-order valence-electron chi connectivity index (χ1n) is 10.5. The molecule has 0 rings (SSSR count). The normalized spacial score (nSPS) is 10.6. The molecule has 0 aliphatic heterocycles. The lowest BCUT2D eigenvalue weighted by atomic mass is 10.2. The van der Waals surface area contributed by atoms with Gasteiger partial charge in [-0.2, -0.15) is 0 Å². The van der Waals surface area contributed by atoms with Gasteiger partial charge in [-0.1, -0.05) is 66.2 Å². The molecule has 0 amide bonds. The Morgan fingerprint density at radius 1 is 0.741 bits per heavy atom. The van der Waals surface area contributed by atoms with Crippen molar-refractivity contribution in [2.45, 2.75) is 105 Å². The molecule has 0 aliphatic rings. The molecule has 0 saturated carbocycles. The Morgan fingerprint density at radius 3 is 1.56 bits per heavy atom. The van der Waals surface area contributed by atoms with Crippen molar-refractivity contribution in [3.63, 3.8) is 0 Å². The van der Waals surface area contributed by atoms with Gasteiger partial charge in [0.2, 0.25) is 0 Å². The van der Waals surface area contributed by atoms with Crippen molar-refractivity contribution < 1.29 is 29.3 Å². The Labute approximate surface area is 166 Å². The summed E-state index contributed by atoms with van der Waals surface area (Å²) in [5.74, 6) is -0.412. The molecular formula is C21H44O6. The Morgan fingerprint density at radius 2 is 1.19 bits per heavy atom. The quantitative estimate of drug-likeness (QED) is 0.356. The number of hydrogen-bond acceptors (Lipinski definition) is 6. The SMILES string of the molecule is CCCC.CCCCCC(=O)OCC(C)OC(=O)CCCCC.OCCO. The number of carbonyl (C=O) groups is 2. The van der Waals surface area contributed by atoms with Crippen molar-refractivity contribution in [2.24, 2.45) is 0 Å². The van der Waals surface area contributed by atoms with Gasteiger partial charge in [0.15, 0.2) is 0 Å². The van der Waals surface area contributed by atoms with E-state index in [4.69, 9.17) is 19.7 Å². The molecular weight excluding hydrogens is 348 g/mol. The number of aliphatic hydroxyl groups is 2. The summed E-state index contributed by atoms with van der Waals surface area (Å²) in [6, 6.07) is 0. The highest BCUT2D eigenvalue weighted by molar-refractivity contribution is 5.70. The predicted octanol–water partition coefficient (Wildman–Crippen LogP) is 4.40. The van der Waals surface area contributed by atoms with Gasteiger partial charge in [0.25, 0.3) is 0 Å². The van der Waals surface area contributed by atoms with E-state index in [1.807, 2.05) is 0 Å². The van der Waals surface area contributed by atoms with E-state index < -0.39 is 0 Å². The number of hydrogen-bond donors (Lipinski definition) is 2. The number of unbranched alkanes of at least 4 members (excludes halogenated alkanes) is 5. The molecule has 0 fully saturated rings. The summed E-state index contributed by atoms with van der Waals surface area (Å²) >= 11 is 0. The summed E-state index contributed by atoms with van der Waals surface area (Å²) in [5.41, 5.74) is 0. The number of ether oxygens (including phenoxy) is 2. The van der Waals surface area contributed by atoms with Gasteiger partial charge in [-0.05, 0) is 19.8 Å². The van der Waals surface area contributed by atoms with E-state index in [0.717, 1.165) is 38.5 Å². The summed E-state index contributed by atoms with van der Waals surface area (Å²) in [5, 5.41) is 15.2. The van der Waals surface area contributed by atoms with E-state index in [1.54, 1.807) is 6.92 Å². The van der Waals surface area contributed by atoms with Crippen LogP contribution in [0.15, 0.2) is 0 Å². The molecule has 0 heterocycles. The van der Waals surface area contributed by atoms with Crippen LogP contribution in [0.5, 0.6) is 0 Å². The van der Waals surface area contributed by atoms with Crippen LogP contribution in [-0.4, -0.2) is 48.1 Å². The van der Waals surface area contributed by atoms with Crippen LogP contribution < -0.4 is 0 Å². The summed E-state index contributed by atoms with van der Waals surface area (Å²) < 4.78 is 10.2. The second-order valence-electron chi connectivity index (χ2n) is 6.34. The molecule has 164 valence electrons. The largest absolute Gasteiger partial charge is 0.462 e. The molecule has 0 aromatic rings. The molecule has 0 saturated heterocycles. The van der Waals surface area contributed by atoms with Gasteiger partial charge >= 0.3 is 11.9 Å². The third kappa shape index (κ3) is 32.9. The molecule has 0 aromatic heterocycles. The molecule has 0 bridgehead atoms. The van der Waals surface area contributed by atoms with Crippen molar-refractivity contribution >= 4 is 11.9 Å². The zero-order chi connectivity index (χ0) is 21.3. The van der Waals surface area contributed by atoms with Crippen molar-refractivity contribution in [2.75, 3.05) is 19.8 Å². The Kier molecular flexibility index (Phi) is 30.7. The van der Waals surface area contributed by atoms with Crippen LogP contribution in [-0.2, 0) is 19.1 Å². The van der Waals surface area contributed by atoms with E-state index in [2.05, 4.69) is 27.7 Å². The minimum Gasteiger partial charge on any atom is -0.462 e. The third-order valence-corrected chi connectivity index (χ3v) is 3.38. The zero-order valence-electron chi connectivity index (χ0n) is 18.3. The smallest absolute Gasteiger partial charge is 0.306 e. The van der Waals surface area contributed by atoms with E-state index in [1.165, 1.54) is 12.8 Å². The maximum Gasteiger partial charge on any atom is 0.306 e. The Balaban J connectivity index is -0.000000603. The van der Waals surface area contributed by atoms with Crippen molar-refractivity contribution in [1.29, 1.82) is 0 Å². The topological polar surface area (TPSA) is 93.1 Å². The van der Waals surface area contributed by atoms with E-state index in [-0.39, 0.29) is 37.9 Å². The number of rotatable bonds is 13. The predicted molar refractivity (Wildman–Crippen MR) is 110 cm³/mol. The first-order chi connectivity index (χ1) is 12.9. The molecule has 0 spiro atoms. The van der Waals surface area contributed by atoms with Crippen LogP contribution in [0.2, 0.25) is 0 Å². The lowest BCUT2D eigenvalue weighted by Gasteiger charge is -2.13. The summed E-state index contributed by atoms with van der Waals surface area (Å²) in [6.45, 7) is 10.2.